The van der Waals surface area contributed by atoms with Crippen LogP contribution in [-0.4, -0.2) is 37.1 Å². The first-order valence-corrected chi connectivity index (χ1v) is 7.52. The lowest BCUT2D eigenvalue weighted by Crippen LogP contribution is -2.41. The first-order valence-electron chi connectivity index (χ1n) is 7.52. The molecule has 0 unspecified atom stereocenters. The van der Waals surface area contributed by atoms with E-state index in [1.165, 1.54) is 5.56 Å². The minimum absolute atomic E-state index is 0.00915. The quantitative estimate of drug-likeness (QED) is 0.887. The molecule has 0 atom stereocenters. The number of amides is 2. The molecule has 2 amide bonds. The van der Waals surface area contributed by atoms with Crippen molar-refractivity contribution in [1.29, 1.82) is 0 Å². The van der Waals surface area contributed by atoms with Gasteiger partial charge in [0.2, 0.25) is 0 Å². The number of urea groups is 1. The molecule has 0 spiro atoms. The Morgan fingerprint density at radius 1 is 1.30 bits per heavy atom. The van der Waals surface area contributed by atoms with Crippen LogP contribution in [0.15, 0.2) is 24.3 Å². The minimum Gasteiger partial charge on any atom is -0.325 e. The molecule has 1 aliphatic rings. The van der Waals surface area contributed by atoms with Crippen molar-refractivity contribution >= 4 is 11.7 Å². The minimum atomic E-state index is 0.00915. The Balaban J connectivity index is 1.89. The maximum absolute atomic E-state index is 12.3. The number of benzene rings is 1. The van der Waals surface area contributed by atoms with Crippen LogP contribution in [0.4, 0.5) is 10.5 Å². The van der Waals surface area contributed by atoms with E-state index in [1.807, 2.05) is 43.0 Å². The normalized spacial score (nSPS) is 15.9. The first kappa shape index (κ1) is 14.9. The highest BCUT2D eigenvalue weighted by atomic mass is 16.2. The number of piperidine rings is 1. The lowest BCUT2D eigenvalue weighted by atomic mass is 9.98. The van der Waals surface area contributed by atoms with Crippen LogP contribution in [-0.2, 0) is 0 Å². The van der Waals surface area contributed by atoms with Crippen molar-refractivity contribution in [2.75, 3.05) is 31.5 Å². The summed E-state index contributed by atoms with van der Waals surface area (Å²) in [7, 11) is 0. The fourth-order valence-electron chi connectivity index (χ4n) is 2.57. The third kappa shape index (κ3) is 4.23. The van der Waals surface area contributed by atoms with E-state index < -0.39 is 0 Å². The van der Waals surface area contributed by atoms with Crippen molar-refractivity contribution in [1.82, 2.24) is 10.2 Å². The monoisotopic (exact) mass is 275 g/mol. The molecule has 0 aromatic heterocycles. The molecule has 4 heteroatoms. The Hall–Kier alpha value is -1.55. The molecule has 110 valence electrons. The number of nitrogens with one attached hydrogen (secondary N) is 2. The van der Waals surface area contributed by atoms with Crippen LogP contribution in [0.1, 0.15) is 25.3 Å². The van der Waals surface area contributed by atoms with E-state index in [4.69, 9.17) is 0 Å². The molecular weight excluding hydrogens is 250 g/mol. The third-order valence-electron chi connectivity index (χ3n) is 3.91. The standard InChI is InChI=1S/C16H25N3O/c1-3-19(12-14-8-10-17-11-9-14)16(20)18-15-6-4-13(2)5-7-15/h4-7,14,17H,3,8-12H2,1-2H3,(H,18,20). The number of rotatable bonds is 4. The Morgan fingerprint density at radius 2 is 1.95 bits per heavy atom. The van der Waals surface area contributed by atoms with Crippen LogP contribution in [0.3, 0.4) is 0 Å². The second-order valence-corrected chi connectivity index (χ2v) is 5.53. The van der Waals surface area contributed by atoms with E-state index in [0.717, 1.165) is 44.7 Å². The highest BCUT2D eigenvalue weighted by Crippen LogP contribution is 2.15. The predicted molar refractivity (Wildman–Crippen MR) is 83.0 cm³/mol. The summed E-state index contributed by atoms with van der Waals surface area (Å²) in [6, 6.07) is 7.93. The maximum atomic E-state index is 12.3. The summed E-state index contributed by atoms with van der Waals surface area (Å²) < 4.78 is 0. The van der Waals surface area contributed by atoms with Gasteiger partial charge in [-0.1, -0.05) is 17.7 Å². The molecule has 1 fully saturated rings. The third-order valence-corrected chi connectivity index (χ3v) is 3.91. The molecule has 20 heavy (non-hydrogen) atoms. The summed E-state index contributed by atoms with van der Waals surface area (Å²) >= 11 is 0. The van der Waals surface area contributed by atoms with Gasteiger partial charge in [-0.25, -0.2) is 4.79 Å². The molecule has 1 saturated heterocycles. The lowest BCUT2D eigenvalue weighted by molar-refractivity contribution is 0.196. The largest absolute Gasteiger partial charge is 0.325 e. The van der Waals surface area contributed by atoms with Gasteiger partial charge in [0.15, 0.2) is 0 Å². The fraction of sp³-hybridized carbons (Fsp3) is 0.562. The Kier molecular flexibility index (Phi) is 5.41. The highest BCUT2D eigenvalue weighted by molar-refractivity contribution is 5.89. The number of nitrogens with zero attached hydrogens (tertiary/aromatic N) is 1. The zero-order valence-electron chi connectivity index (χ0n) is 12.5. The van der Waals surface area contributed by atoms with Gasteiger partial charge in [0.25, 0.3) is 0 Å². The molecule has 0 radical (unpaired) electrons. The molecule has 2 N–H and O–H groups in total. The van der Waals surface area contributed by atoms with Crippen LogP contribution in [0.2, 0.25) is 0 Å². The number of anilines is 1. The van der Waals surface area contributed by atoms with E-state index in [2.05, 4.69) is 10.6 Å². The van der Waals surface area contributed by atoms with Crippen molar-refractivity contribution in [3.63, 3.8) is 0 Å². The predicted octanol–water partition coefficient (Wildman–Crippen LogP) is 2.85. The number of hydrogen-bond acceptors (Lipinski definition) is 2. The highest BCUT2D eigenvalue weighted by Gasteiger charge is 2.19. The summed E-state index contributed by atoms with van der Waals surface area (Å²) in [5.74, 6) is 0.625. The van der Waals surface area contributed by atoms with Crippen LogP contribution >= 0.6 is 0 Å². The van der Waals surface area contributed by atoms with E-state index in [9.17, 15) is 4.79 Å². The molecule has 0 saturated carbocycles. The Labute approximate surface area is 121 Å². The topological polar surface area (TPSA) is 44.4 Å². The number of carbonyl (C=O) groups excluding carboxylic acids is 1. The van der Waals surface area contributed by atoms with Gasteiger partial charge in [0.05, 0.1) is 0 Å². The average molecular weight is 275 g/mol. The molecule has 1 heterocycles. The molecule has 1 aromatic rings. The van der Waals surface area contributed by atoms with E-state index in [-0.39, 0.29) is 6.03 Å². The van der Waals surface area contributed by atoms with Crippen molar-refractivity contribution in [3.05, 3.63) is 29.8 Å². The van der Waals surface area contributed by atoms with Gasteiger partial charge in [-0.3, -0.25) is 0 Å². The summed E-state index contributed by atoms with van der Waals surface area (Å²) in [5.41, 5.74) is 2.06. The van der Waals surface area contributed by atoms with Crippen molar-refractivity contribution < 1.29 is 4.79 Å². The molecule has 0 aliphatic carbocycles. The van der Waals surface area contributed by atoms with Crippen molar-refractivity contribution in [2.24, 2.45) is 5.92 Å². The van der Waals surface area contributed by atoms with Gasteiger partial charge in [-0.05, 0) is 57.8 Å². The Bertz CT molecular complexity index is 424. The number of aryl methyl sites for hydroxylation is 1. The first-order chi connectivity index (χ1) is 9.69. The van der Waals surface area contributed by atoms with E-state index in [0.29, 0.717) is 5.92 Å². The Morgan fingerprint density at radius 3 is 2.55 bits per heavy atom. The summed E-state index contributed by atoms with van der Waals surface area (Å²) in [6.07, 6.45) is 2.32. The number of hydrogen-bond donors (Lipinski definition) is 2. The van der Waals surface area contributed by atoms with Crippen LogP contribution in [0.5, 0.6) is 0 Å². The zero-order chi connectivity index (χ0) is 14.4. The molecular formula is C16H25N3O. The van der Waals surface area contributed by atoms with Crippen molar-refractivity contribution in [2.45, 2.75) is 26.7 Å². The van der Waals surface area contributed by atoms with Gasteiger partial charge < -0.3 is 15.5 Å². The van der Waals surface area contributed by atoms with Crippen molar-refractivity contribution in [3.8, 4) is 0 Å². The summed E-state index contributed by atoms with van der Waals surface area (Å²) in [6.45, 7) is 7.83. The van der Waals surface area contributed by atoms with E-state index >= 15 is 0 Å². The molecule has 0 bridgehead atoms. The number of carbonyl (C=O) groups is 1. The SMILES string of the molecule is CCN(CC1CCNCC1)C(=O)Nc1ccc(C)cc1. The molecule has 1 aliphatic heterocycles. The summed E-state index contributed by atoms with van der Waals surface area (Å²) in [5, 5.41) is 6.34. The zero-order valence-corrected chi connectivity index (χ0v) is 12.5. The van der Waals surface area contributed by atoms with Crippen LogP contribution < -0.4 is 10.6 Å². The molecule has 1 aromatic carbocycles. The van der Waals surface area contributed by atoms with Gasteiger partial charge in [-0.15, -0.1) is 0 Å². The van der Waals surface area contributed by atoms with Gasteiger partial charge in [-0.2, -0.15) is 0 Å². The molecule has 4 nitrogen and oxygen atoms in total. The van der Waals surface area contributed by atoms with Crippen LogP contribution in [0.25, 0.3) is 0 Å². The second-order valence-electron chi connectivity index (χ2n) is 5.53. The van der Waals surface area contributed by atoms with Gasteiger partial charge >= 0.3 is 6.03 Å². The van der Waals surface area contributed by atoms with Gasteiger partial charge in [0.1, 0.15) is 0 Å². The smallest absolute Gasteiger partial charge is 0.321 e. The summed E-state index contributed by atoms with van der Waals surface area (Å²) in [4.78, 5) is 14.2. The fourth-order valence-corrected chi connectivity index (χ4v) is 2.57. The lowest BCUT2D eigenvalue weighted by Gasteiger charge is -2.29. The van der Waals surface area contributed by atoms with Gasteiger partial charge in [0, 0.05) is 18.8 Å². The maximum Gasteiger partial charge on any atom is 0.321 e. The second kappa shape index (κ2) is 7.29. The van der Waals surface area contributed by atoms with Crippen LogP contribution in [0, 0.1) is 12.8 Å². The average Bonchev–Trinajstić information content (AvgIpc) is 2.48. The van der Waals surface area contributed by atoms with E-state index in [1.54, 1.807) is 0 Å². The molecule has 2 rings (SSSR count).